The van der Waals surface area contributed by atoms with E-state index in [4.69, 9.17) is 0 Å². The van der Waals surface area contributed by atoms with Gasteiger partial charge in [-0.05, 0) is 37.3 Å². The van der Waals surface area contributed by atoms with E-state index in [1.54, 1.807) is 6.92 Å². The van der Waals surface area contributed by atoms with Crippen LogP contribution in [0.15, 0.2) is 70.0 Å². The van der Waals surface area contributed by atoms with Crippen molar-refractivity contribution in [3.63, 3.8) is 0 Å². The van der Waals surface area contributed by atoms with E-state index in [-0.39, 0.29) is 22.2 Å². The lowest BCUT2D eigenvalue weighted by atomic mass is 10.1. The molecule has 27 heavy (non-hydrogen) atoms. The van der Waals surface area contributed by atoms with E-state index in [0.29, 0.717) is 6.08 Å². The van der Waals surface area contributed by atoms with E-state index in [1.807, 2.05) is 0 Å². The Labute approximate surface area is 152 Å². The van der Waals surface area contributed by atoms with Crippen molar-refractivity contribution in [2.45, 2.75) is 18.0 Å². The third kappa shape index (κ3) is 5.74. The second-order valence-electron chi connectivity index (χ2n) is 5.44. The molecule has 0 N–H and O–H groups in total. The highest BCUT2D eigenvalue weighted by Crippen LogP contribution is 2.20. The van der Waals surface area contributed by atoms with Gasteiger partial charge in [-0.15, -0.1) is 0 Å². The van der Waals surface area contributed by atoms with Gasteiger partial charge in [-0.25, -0.2) is 0 Å². The smallest absolute Gasteiger partial charge is 0.258 e. The lowest BCUT2D eigenvalue weighted by Gasteiger charge is -2.05. The van der Waals surface area contributed by atoms with Crippen LogP contribution in [0.5, 0.6) is 0 Å². The number of nitro groups is 1. The summed E-state index contributed by atoms with van der Waals surface area (Å²) in [6, 6.07) is 9.98. The molecule has 142 valence electrons. The van der Waals surface area contributed by atoms with Crippen LogP contribution in [0.3, 0.4) is 0 Å². The first-order valence-electron chi connectivity index (χ1n) is 7.40. The first-order valence-corrected chi connectivity index (χ1v) is 8.84. The van der Waals surface area contributed by atoms with Crippen LogP contribution in [-0.4, -0.2) is 25.2 Å². The maximum Gasteiger partial charge on any atom is 0.409 e. The lowest BCUT2D eigenvalue weighted by molar-refractivity contribution is -0.384. The summed E-state index contributed by atoms with van der Waals surface area (Å²) in [4.78, 5) is 9.82. The fraction of sp³-hybridized carbons (Fsp3) is 0.118. The average Bonchev–Trinajstić information content (AvgIpc) is 2.58. The second-order valence-corrected chi connectivity index (χ2v) is 7.05. The van der Waals surface area contributed by atoms with Gasteiger partial charge in [-0.1, -0.05) is 17.7 Å². The van der Waals surface area contributed by atoms with Crippen LogP contribution in [-0.2, 0) is 10.0 Å². The maximum atomic E-state index is 12.5. The summed E-state index contributed by atoms with van der Waals surface area (Å²) in [6.07, 6.45) is -4.33. The number of benzene rings is 2. The molecule has 2 aromatic carbocycles. The third-order valence-corrected chi connectivity index (χ3v) is 4.65. The van der Waals surface area contributed by atoms with Crippen molar-refractivity contribution in [1.29, 1.82) is 0 Å². The summed E-state index contributed by atoms with van der Waals surface area (Å²) in [7, 11) is -4.28. The Bertz CT molecular complexity index is 994. The van der Waals surface area contributed by atoms with Crippen molar-refractivity contribution in [2.24, 2.45) is 4.40 Å². The van der Waals surface area contributed by atoms with E-state index in [0.717, 1.165) is 29.8 Å². The molecule has 0 saturated carbocycles. The van der Waals surface area contributed by atoms with Gasteiger partial charge in [0, 0.05) is 23.8 Å². The molecule has 0 aliphatic rings. The summed E-state index contributed by atoms with van der Waals surface area (Å²) in [5, 5.41) is 10.7. The molecular formula is C17H13F3N2O4S. The number of hydrogen-bond donors (Lipinski definition) is 0. The number of aryl methyl sites for hydroxylation is 1. The molecule has 0 radical (unpaired) electrons. The second kappa shape index (κ2) is 7.70. The summed E-state index contributed by atoms with van der Waals surface area (Å²) < 4.78 is 65.9. The average molecular weight is 398 g/mol. The molecular weight excluding hydrogens is 385 g/mol. The van der Waals surface area contributed by atoms with Crippen molar-refractivity contribution >= 4 is 21.4 Å². The molecule has 0 aliphatic carbocycles. The van der Waals surface area contributed by atoms with Gasteiger partial charge in [-0.3, -0.25) is 10.1 Å². The van der Waals surface area contributed by atoms with Crippen LogP contribution in [0.2, 0.25) is 0 Å². The number of non-ortho nitro benzene ring substituents is 1. The Morgan fingerprint density at radius 1 is 1.07 bits per heavy atom. The van der Waals surface area contributed by atoms with E-state index in [2.05, 4.69) is 4.40 Å². The van der Waals surface area contributed by atoms with Crippen LogP contribution in [0.1, 0.15) is 11.1 Å². The van der Waals surface area contributed by atoms with Gasteiger partial charge in [-0.2, -0.15) is 26.0 Å². The molecule has 2 aromatic rings. The number of rotatable bonds is 5. The van der Waals surface area contributed by atoms with Gasteiger partial charge in [0.05, 0.1) is 15.5 Å². The Morgan fingerprint density at radius 2 is 1.63 bits per heavy atom. The van der Waals surface area contributed by atoms with Crippen molar-refractivity contribution in [3.8, 4) is 0 Å². The highest BCUT2D eigenvalue weighted by molar-refractivity contribution is 7.90. The predicted molar refractivity (Wildman–Crippen MR) is 93.2 cm³/mol. The van der Waals surface area contributed by atoms with E-state index < -0.39 is 26.8 Å². The van der Waals surface area contributed by atoms with Gasteiger partial charge in [0.1, 0.15) is 0 Å². The molecule has 0 unspecified atom stereocenters. The van der Waals surface area contributed by atoms with Crippen LogP contribution in [0, 0.1) is 17.0 Å². The molecule has 2 rings (SSSR count). The third-order valence-electron chi connectivity index (χ3n) is 3.34. The molecule has 0 fully saturated rings. The normalized spacial score (nSPS) is 13.1. The zero-order valence-corrected chi connectivity index (χ0v) is 14.7. The van der Waals surface area contributed by atoms with Crippen LogP contribution >= 0.6 is 0 Å². The highest BCUT2D eigenvalue weighted by Gasteiger charge is 2.23. The van der Waals surface area contributed by atoms with E-state index in [9.17, 15) is 31.7 Å². The zero-order chi connectivity index (χ0) is 20.2. The Morgan fingerprint density at radius 3 is 2.11 bits per heavy atom. The zero-order valence-electron chi connectivity index (χ0n) is 13.8. The Balaban J connectivity index is 2.54. The minimum Gasteiger partial charge on any atom is -0.258 e. The topological polar surface area (TPSA) is 89.6 Å². The van der Waals surface area contributed by atoms with Crippen molar-refractivity contribution in [2.75, 3.05) is 0 Å². The van der Waals surface area contributed by atoms with Crippen molar-refractivity contribution < 1.29 is 26.5 Å². The van der Waals surface area contributed by atoms with Gasteiger partial charge >= 0.3 is 6.18 Å². The maximum absolute atomic E-state index is 12.5. The first-order chi connectivity index (χ1) is 12.5. The molecule has 10 heteroatoms. The molecule has 0 heterocycles. The standard InChI is InChI=1S/C17H13F3N2O4S/c1-12-2-8-15(9-3-12)27(25,26)21-16(10-11-17(18,19)20)13-4-6-14(7-5-13)22(23)24/h2-11H,1H3/b11-10+,21-16?. The number of nitro benzene ring substituents is 1. The summed E-state index contributed by atoms with van der Waals surface area (Å²) >= 11 is 0. The molecule has 0 bridgehead atoms. The van der Waals surface area contributed by atoms with Gasteiger partial charge in [0.2, 0.25) is 0 Å². The number of nitrogens with zero attached hydrogens (tertiary/aromatic N) is 2. The van der Waals surface area contributed by atoms with Crippen LogP contribution < -0.4 is 0 Å². The van der Waals surface area contributed by atoms with Crippen molar-refractivity contribution in [3.05, 3.63) is 81.9 Å². The van der Waals surface area contributed by atoms with Crippen LogP contribution in [0.25, 0.3) is 0 Å². The number of alkyl halides is 3. The van der Waals surface area contributed by atoms with Gasteiger partial charge in [0.25, 0.3) is 15.7 Å². The first kappa shape index (κ1) is 20.3. The fourth-order valence-corrected chi connectivity index (χ4v) is 3.01. The number of allylic oxidation sites excluding steroid dienone is 2. The summed E-state index contributed by atoms with van der Waals surface area (Å²) in [5.74, 6) is 0. The molecule has 0 aliphatic heterocycles. The minimum absolute atomic E-state index is 0.0169. The molecule has 0 aromatic heterocycles. The highest BCUT2D eigenvalue weighted by atomic mass is 32.2. The quantitative estimate of drug-likeness (QED) is 0.429. The molecule has 0 amide bonds. The SMILES string of the molecule is Cc1ccc(S(=O)(=O)N=C(/C=C/C(F)(F)F)c2ccc([N+](=O)[O-])cc2)cc1. The Hall–Kier alpha value is -3.01. The van der Waals surface area contributed by atoms with Crippen LogP contribution in [0.4, 0.5) is 18.9 Å². The van der Waals surface area contributed by atoms with Crippen molar-refractivity contribution in [1.82, 2.24) is 0 Å². The molecule has 0 spiro atoms. The molecule has 6 nitrogen and oxygen atoms in total. The van der Waals surface area contributed by atoms with E-state index >= 15 is 0 Å². The number of halogens is 3. The lowest BCUT2D eigenvalue weighted by Crippen LogP contribution is -2.08. The minimum atomic E-state index is -4.69. The monoisotopic (exact) mass is 398 g/mol. The molecule has 0 saturated heterocycles. The summed E-state index contributed by atoms with van der Waals surface area (Å²) in [5.41, 5.74) is -0.00985. The number of hydrogen-bond acceptors (Lipinski definition) is 4. The predicted octanol–water partition coefficient (Wildman–Crippen LogP) is 4.20. The largest absolute Gasteiger partial charge is 0.409 e. The number of sulfonamides is 1. The molecule has 0 atom stereocenters. The summed E-state index contributed by atoms with van der Waals surface area (Å²) in [6.45, 7) is 1.74. The van der Waals surface area contributed by atoms with Gasteiger partial charge in [0.15, 0.2) is 0 Å². The van der Waals surface area contributed by atoms with E-state index in [1.165, 1.54) is 24.3 Å². The fourth-order valence-electron chi connectivity index (χ4n) is 2.00. The Kier molecular flexibility index (Phi) is 5.79. The van der Waals surface area contributed by atoms with Gasteiger partial charge < -0.3 is 0 Å².